The zero-order valence-corrected chi connectivity index (χ0v) is 9.65. The molecule has 0 amide bonds. The molecule has 0 atom stereocenters. The van der Waals surface area contributed by atoms with E-state index in [0.717, 1.165) is 4.21 Å². The number of thioether (sulfide) groups is 2. The number of rotatable bonds is 1. The summed E-state index contributed by atoms with van der Waals surface area (Å²) in [6, 6.07) is 0. The van der Waals surface area contributed by atoms with Gasteiger partial charge >= 0.3 is 18.9 Å². The predicted molar refractivity (Wildman–Crippen MR) is 63.8 cm³/mol. The van der Waals surface area contributed by atoms with Crippen molar-refractivity contribution in [3.63, 3.8) is 0 Å². The monoisotopic (exact) mass is 200 g/mol. The summed E-state index contributed by atoms with van der Waals surface area (Å²) in [5.74, 6) is 2.81. The van der Waals surface area contributed by atoms with Crippen molar-refractivity contribution in [2.24, 2.45) is 0 Å². The third-order valence-corrected chi connectivity index (χ3v) is 10.7. The Bertz CT molecular complexity index is 107. The summed E-state index contributed by atoms with van der Waals surface area (Å²) in [5, 5.41) is 0. The second-order valence-electron chi connectivity index (χ2n) is 3.79. The minimum atomic E-state index is -0.830. The maximum atomic E-state index is 2.48. The van der Waals surface area contributed by atoms with Crippen LogP contribution < -0.4 is 0 Å². The van der Waals surface area contributed by atoms with E-state index in [4.69, 9.17) is 0 Å². The molecule has 0 aromatic rings. The first-order valence-corrected chi connectivity index (χ1v) is 9.51. The van der Waals surface area contributed by atoms with Crippen molar-refractivity contribution in [1.29, 1.82) is 0 Å². The van der Waals surface area contributed by atoms with Crippen LogP contribution in [0.2, 0.25) is 19.6 Å². The van der Waals surface area contributed by atoms with E-state index in [1.807, 2.05) is 0 Å². The van der Waals surface area contributed by atoms with E-state index >= 15 is 0 Å². The van der Waals surface area contributed by atoms with E-state index in [1.165, 1.54) is 17.9 Å². The van der Waals surface area contributed by atoms with Crippen LogP contribution in [-0.4, -0.2) is 42.6 Å². The van der Waals surface area contributed by atoms with Gasteiger partial charge in [-0.2, -0.15) is 23.5 Å². The molecule has 0 unspecified atom stereocenters. The molecule has 0 nitrogen and oxygen atoms in total. The van der Waals surface area contributed by atoms with Crippen molar-refractivity contribution < 1.29 is 0 Å². The van der Waals surface area contributed by atoms with Gasteiger partial charge in [0.15, 0.2) is 0 Å². The van der Waals surface area contributed by atoms with E-state index in [2.05, 4.69) is 43.2 Å². The fourth-order valence-electron chi connectivity index (χ4n) is 0.988. The van der Waals surface area contributed by atoms with Crippen LogP contribution in [0.3, 0.4) is 0 Å². The van der Waals surface area contributed by atoms with Gasteiger partial charge in [-0.15, -0.1) is 0 Å². The number of hydrogen-bond donors (Lipinski definition) is 0. The molecule has 62 valence electrons. The van der Waals surface area contributed by atoms with Crippen molar-refractivity contribution in [2.75, 3.05) is 11.5 Å². The first-order valence-electron chi connectivity index (χ1n) is 3.84. The number of hydrogen-bond acceptors (Lipinski definition) is 2. The minimum absolute atomic E-state index is 0. The van der Waals surface area contributed by atoms with Crippen molar-refractivity contribution in [3.8, 4) is 0 Å². The first-order chi connectivity index (χ1) is 4.61. The summed E-state index contributed by atoms with van der Waals surface area (Å²) in [6.07, 6.45) is 1.43. The van der Waals surface area contributed by atoms with Gasteiger partial charge in [-0.3, -0.25) is 0 Å². The maximum absolute atomic E-state index is 2.48. The van der Waals surface area contributed by atoms with Gasteiger partial charge in [0, 0.05) is 4.21 Å². The molecular formula is C7H17LiS2Si. The quantitative estimate of drug-likeness (QED) is 0.596. The van der Waals surface area contributed by atoms with E-state index in [9.17, 15) is 0 Å². The zero-order valence-electron chi connectivity index (χ0n) is 7.02. The van der Waals surface area contributed by atoms with Crippen LogP contribution in [0.25, 0.3) is 0 Å². The van der Waals surface area contributed by atoms with Crippen molar-refractivity contribution in [1.82, 2.24) is 0 Å². The van der Waals surface area contributed by atoms with Crippen LogP contribution in [0.4, 0.5) is 0 Å². The first kappa shape index (κ1) is 12.5. The average molecular weight is 200 g/mol. The summed E-state index contributed by atoms with van der Waals surface area (Å²) in [6.45, 7) is 7.43. The molecule has 1 saturated heterocycles. The molecule has 0 aromatic heterocycles. The summed E-state index contributed by atoms with van der Waals surface area (Å²) >= 11 is 4.39. The molecule has 1 aliphatic rings. The topological polar surface area (TPSA) is 0 Å². The fourth-order valence-corrected chi connectivity index (χ4v) is 7.89. The summed E-state index contributed by atoms with van der Waals surface area (Å²) in [5.41, 5.74) is 0. The van der Waals surface area contributed by atoms with E-state index in [0.29, 0.717) is 0 Å². The van der Waals surface area contributed by atoms with Crippen LogP contribution >= 0.6 is 23.5 Å². The molecule has 0 radical (unpaired) electrons. The Hall–Kier alpha value is 1.51. The molecule has 11 heavy (non-hydrogen) atoms. The normalized spacial score (nSPS) is 21.0. The van der Waals surface area contributed by atoms with Crippen LogP contribution in [0.5, 0.6) is 0 Å². The zero-order chi connectivity index (χ0) is 7.61. The Balaban J connectivity index is 0.000001000. The summed E-state index contributed by atoms with van der Waals surface area (Å²) < 4.78 is 0.973. The fraction of sp³-hybridized carbons (Fsp3) is 1.00. The molecule has 0 saturated carbocycles. The molecule has 0 aliphatic carbocycles. The standard InChI is InChI=1S/C7H16S2Si.Li.H/c1-10(2,3)7-8-5-4-6-9-7;;/h7H,4-6H2,1-3H3;;. The second-order valence-corrected chi connectivity index (χ2v) is 12.7. The van der Waals surface area contributed by atoms with Gasteiger partial charge in [0.2, 0.25) is 0 Å². The van der Waals surface area contributed by atoms with Gasteiger partial charge in [-0.05, 0) is 17.9 Å². The third kappa shape index (κ3) is 4.33. The molecule has 1 fully saturated rings. The molecule has 0 spiro atoms. The Morgan fingerprint density at radius 1 is 1.09 bits per heavy atom. The molecule has 0 aromatic carbocycles. The summed E-state index contributed by atoms with van der Waals surface area (Å²) in [4.78, 5) is 0. The van der Waals surface area contributed by atoms with Gasteiger partial charge in [-0.1, -0.05) is 19.6 Å². The van der Waals surface area contributed by atoms with Gasteiger partial charge in [-0.25, -0.2) is 0 Å². The van der Waals surface area contributed by atoms with Crippen molar-refractivity contribution >= 4 is 50.5 Å². The molecule has 1 aliphatic heterocycles. The van der Waals surface area contributed by atoms with Crippen LogP contribution in [0.1, 0.15) is 6.42 Å². The van der Waals surface area contributed by atoms with Crippen LogP contribution in [0.15, 0.2) is 0 Å². The Morgan fingerprint density at radius 2 is 1.55 bits per heavy atom. The molecular weight excluding hydrogens is 183 g/mol. The second kappa shape index (κ2) is 5.29. The van der Waals surface area contributed by atoms with Gasteiger partial charge in [0.05, 0.1) is 8.07 Å². The Morgan fingerprint density at radius 3 is 1.82 bits per heavy atom. The molecule has 4 heteroatoms. The van der Waals surface area contributed by atoms with Gasteiger partial charge < -0.3 is 0 Å². The van der Waals surface area contributed by atoms with Gasteiger partial charge in [0.1, 0.15) is 0 Å². The van der Waals surface area contributed by atoms with Crippen LogP contribution in [-0.2, 0) is 0 Å². The van der Waals surface area contributed by atoms with E-state index in [1.54, 1.807) is 0 Å². The van der Waals surface area contributed by atoms with Crippen molar-refractivity contribution in [2.45, 2.75) is 30.3 Å². The third-order valence-electron chi connectivity index (χ3n) is 1.53. The van der Waals surface area contributed by atoms with Gasteiger partial charge in [0.25, 0.3) is 0 Å². The predicted octanol–water partition coefficient (Wildman–Crippen LogP) is 2.41. The van der Waals surface area contributed by atoms with E-state index in [-0.39, 0.29) is 18.9 Å². The Labute approximate surface area is 91.8 Å². The molecule has 0 bridgehead atoms. The molecule has 1 heterocycles. The molecule has 0 N–H and O–H groups in total. The SMILES string of the molecule is C[Si](C)(C)C1SCCCS1.[LiH]. The summed E-state index contributed by atoms with van der Waals surface area (Å²) in [7, 11) is -0.830. The van der Waals surface area contributed by atoms with Crippen molar-refractivity contribution in [3.05, 3.63) is 0 Å². The Kier molecular flexibility index (Phi) is 6.02. The molecule has 1 rings (SSSR count). The average Bonchev–Trinajstić information content (AvgIpc) is 1.88. The van der Waals surface area contributed by atoms with E-state index < -0.39 is 8.07 Å². The van der Waals surface area contributed by atoms with Crippen LogP contribution in [0, 0.1) is 0 Å².